The number of nitrogens with one attached hydrogen (secondary N) is 1. The fourth-order valence-electron chi connectivity index (χ4n) is 3.26. The Hall–Kier alpha value is -0.290. The molecule has 2 saturated heterocycles. The molecular formula is C14H25F3N2. The lowest BCUT2D eigenvalue weighted by atomic mass is 9.96. The van der Waals surface area contributed by atoms with Crippen LogP contribution in [0.25, 0.3) is 0 Å². The first kappa shape index (κ1) is 15.1. The van der Waals surface area contributed by atoms with Gasteiger partial charge in [0.25, 0.3) is 0 Å². The second-order valence-electron chi connectivity index (χ2n) is 5.97. The van der Waals surface area contributed by atoms with Crippen molar-refractivity contribution < 1.29 is 13.2 Å². The molecule has 1 N–H and O–H groups in total. The van der Waals surface area contributed by atoms with E-state index in [9.17, 15) is 13.2 Å². The van der Waals surface area contributed by atoms with Crippen LogP contribution in [0.4, 0.5) is 13.2 Å². The quantitative estimate of drug-likeness (QED) is 0.849. The van der Waals surface area contributed by atoms with Crippen molar-refractivity contribution in [2.75, 3.05) is 26.2 Å². The molecule has 0 aromatic heterocycles. The maximum absolute atomic E-state index is 12.7. The lowest BCUT2D eigenvalue weighted by Crippen LogP contribution is -2.42. The minimum atomic E-state index is -4.01. The molecule has 2 fully saturated rings. The third-order valence-corrected chi connectivity index (χ3v) is 4.41. The first-order valence-electron chi connectivity index (χ1n) is 7.58. The van der Waals surface area contributed by atoms with Crippen molar-refractivity contribution in [3.05, 3.63) is 0 Å². The molecule has 2 atom stereocenters. The second-order valence-corrected chi connectivity index (χ2v) is 5.97. The summed E-state index contributed by atoms with van der Waals surface area (Å²) in [6.45, 7) is 2.97. The van der Waals surface area contributed by atoms with Crippen LogP contribution in [0.1, 0.15) is 44.9 Å². The van der Waals surface area contributed by atoms with Gasteiger partial charge in [-0.3, -0.25) is 0 Å². The zero-order valence-corrected chi connectivity index (χ0v) is 11.5. The molecule has 0 radical (unpaired) electrons. The lowest BCUT2D eigenvalue weighted by Gasteiger charge is -2.34. The van der Waals surface area contributed by atoms with Crippen molar-refractivity contribution in [1.29, 1.82) is 0 Å². The third-order valence-electron chi connectivity index (χ3n) is 4.41. The van der Waals surface area contributed by atoms with E-state index >= 15 is 0 Å². The summed E-state index contributed by atoms with van der Waals surface area (Å²) in [5.74, 6) is -1.10. The minimum Gasteiger partial charge on any atom is -0.314 e. The predicted octanol–water partition coefficient (Wildman–Crippen LogP) is 3.18. The SMILES string of the molecule is FC(F)(F)C1CCCN(CCCC2CCCCN2)C1. The molecule has 0 spiro atoms. The molecule has 112 valence electrons. The number of likely N-dealkylation sites (tertiary alicyclic amines) is 1. The van der Waals surface area contributed by atoms with Crippen molar-refractivity contribution in [3.8, 4) is 0 Å². The van der Waals surface area contributed by atoms with Crippen molar-refractivity contribution >= 4 is 0 Å². The Kier molecular flexibility index (Phi) is 5.51. The normalized spacial score (nSPS) is 30.5. The fourth-order valence-corrected chi connectivity index (χ4v) is 3.26. The van der Waals surface area contributed by atoms with E-state index in [1.165, 1.54) is 19.3 Å². The van der Waals surface area contributed by atoms with Crippen LogP contribution in [0, 0.1) is 5.92 Å². The number of alkyl halides is 3. The van der Waals surface area contributed by atoms with Gasteiger partial charge in [0.05, 0.1) is 5.92 Å². The van der Waals surface area contributed by atoms with Gasteiger partial charge in [-0.1, -0.05) is 6.42 Å². The van der Waals surface area contributed by atoms with Crippen LogP contribution < -0.4 is 5.32 Å². The van der Waals surface area contributed by atoms with Crippen molar-refractivity contribution in [1.82, 2.24) is 10.2 Å². The van der Waals surface area contributed by atoms with E-state index in [0.29, 0.717) is 18.9 Å². The molecule has 2 aliphatic rings. The molecule has 2 unspecified atom stereocenters. The summed E-state index contributed by atoms with van der Waals surface area (Å²) in [7, 11) is 0. The number of rotatable bonds is 4. The second kappa shape index (κ2) is 6.93. The maximum Gasteiger partial charge on any atom is 0.393 e. The van der Waals surface area contributed by atoms with E-state index in [2.05, 4.69) is 5.32 Å². The summed E-state index contributed by atoms with van der Waals surface area (Å²) in [6, 6.07) is 0.594. The molecule has 2 heterocycles. The first-order valence-corrected chi connectivity index (χ1v) is 7.58. The molecule has 0 aromatic carbocycles. The van der Waals surface area contributed by atoms with Gasteiger partial charge in [0.1, 0.15) is 0 Å². The molecule has 0 amide bonds. The highest BCUT2D eigenvalue weighted by atomic mass is 19.4. The largest absolute Gasteiger partial charge is 0.393 e. The smallest absolute Gasteiger partial charge is 0.314 e. The number of halogens is 3. The van der Waals surface area contributed by atoms with Gasteiger partial charge in [-0.05, 0) is 58.2 Å². The molecule has 2 aliphatic heterocycles. The number of piperidine rings is 2. The summed E-state index contributed by atoms with van der Waals surface area (Å²) in [6.07, 6.45) is 2.88. The highest BCUT2D eigenvalue weighted by Crippen LogP contribution is 2.33. The van der Waals surface area contributed by atoms with Gasteiger partial charge < -0.3 is 10.2 Å². The fraction of sp³-hybridized carbons (Fsp3) is 1.00. The van der Waals surface area contributed by atoms with E-state index in [1.54, 1.807) is 0 Å². The average molecular weight is 278 g/mol. The van der Waals surface area contributed by atoms with Crippen LogP contribution in [0.5, 0.6) is 0 Å². The zero-order chi connectivity index (χ0) is 13.7. The number of hydrogen-bond acceptors (Lipinski definition) is 2. The Labute approximate surface area is 113 Å². The number of hydrogen-bond donors (Lipinski definition) is 1. The zero-order valence-electron chi connectivity index (χ0n) is 11.5. The third kappa shape index (κ3) is 4.95. The lowest BCUT2D eigenvalue weighted by molar-refractivity contribution is -0.186. The average Bonchev–Trinajstić information content (AvgIpc) is 2.39. The van der Waals surface area contributed by atoms with E-state index in [4.69, 9.17) is 0 Å². The standard InChI is InChI=1S/C14H25F3N2/c15-14(16,17)12-5-3-9-19(11-12)10-4-7-13-6-1-2-8-18-13/h12-13,18H,1-11H2. The minimum absolute atomic E-state index is 0.210. The van der Waals surface area contributed by atoms with Gasteiger partial charge >= 0.3 is 6.18 Å². The highest BCUT2D eigenvalue weighted by Gasteiger charge is 2.41. The van der Waals surface area contributed by atoms with Gasteiger partial charge in [0.15, 0.2) is 0 Å². The van der Waals surface area contributed by atoms with Gasteiger partial charge in [-0.2, -0.15) is 13.2 Å². The Morgan fingerprint density at radius 3 is 2.63 bits per heavy atom. The van der Waals surface area contributed by atoms with Crippen molar-refractivity contribution in [3.63, 3.8) is 0 Å². The van der Waals surface area contributed by atoms with Crippen molar-refractivity contribution in [2.45, 2.75) is 57.2 Å². The van der Waals surface area contributed by atoms with E-state index in [-0.39, 0.29) is 6.54 Å². The predicted molar refractivity (Wildman–Crippen MR) is 70.1 cm³/mol. The molecule has 0 aromatic rings. The van der Waals surface area contributed by atoms with Crippen molar-refractivity contribution in [2.24, 2.45) is 5.92 Å². The maximum atomic E-state index is 12.7. The van der Waals surface area contributed by atoms with Crippen LogP contribution in [-0.2, 0) is 0 Å². The van der Waals surface area contributed by atoms with E-state index in [1.807, 2.05) is 4.90 Å². The van der Waals surface area contributed by atoms with Crippen LogP contribution in [-0.4, -0.2) is 43.3 Å². The number of nitrogens with zero attached hydrogens (tertiary/aromatic N) is 1. The van der Waals surface area contributed by atoms with Crippen LogP contribution in [0.3, 0.4) is 0 Å². The first-order chi connectivity index (χ1) is 9.05. The summed E-state index contributed by atoms with van der Waals surface area (Å²) in [5, 5.41) is 3.49. The summed E-state index contributed by atoms with van der Waals surface area (Å²) < 4.78 is 38.1. The molecular weight excluding hydrogens is 253 g/mol. The molecule has 0 aliphatic carbocycles. The van der Waals surface area contributed by atoms with Gasteiger partial charge in [0.2, 0.25) is 0 Å². The molecule has 19 heavy (non-hydrogen) atoms. The van der Waals surface area contributed by atoms with Gasteiger partial charge in [-0.15, -0.1) is 0 Å². The Bertz CT molecular complexity index is 262. The van der Waals surface area contributed by atoms with Gasteiger partial charge in [-0.25, -0.2) is 0 Å². The summed E-state index contributed by atoms with van der Waals surface area (Å²) in [4.78, 5) is 2.00. The van der Waals surface area contributed by atoms with Crippen LogP contribution in [0.2, 0.25) is 0 Å². The molecule has 0 saturated carbocycles. The Morgan fingerprint density at radius 2 is 1.95 bits per heavy atom. The Balaban J connectivity index is 1.65. The molecule has 5 heteroatoms. The van der Waals surface area contributed by atoms with E-state index in [0.717, 1.165) is 32.5 Å². The van der Waals surface area contributed by atoms with Gasteiger partial charge in [0, 0.05) is 12.6 Å². The highest BCUT2D eigenvalue weighted by molar-refractivity contribution is 4.79. The summed E-state index contributed by atoms with van der Waals surface area (Å²) in [5.41, 5.74) is 0. The molecule has 2 rings (SSSR count). The molecule has 2 nitrogen and oxygen atoms in total. The van der Waals surface area contributed by atoms with Crippen LogP contribution >= 0.6 is 0 Å². The molecule has 0 bridgehead atoms. The van der Waals surface area contributed by atoms with Crippen LogP contribution in [0.15, 0.2) is 0 Å². The monoisotopic (exact) mass is 278 g/mol. The topological polar surface area (TPSA) is 15.3 Å². The summed E-state index contributed by atoms with van der Waals surface area (Å²) >= 11 is 0. The Morgan fingerprint density at radius 1 is 1.11 bits per heavy atom. The van der Waals surface area contributed by atoms with E-state index < -0.39 is 12.1 Å².